The molecule has 6 heteroatoms. The summed E-state index contributed by atoms with van der Waals surface area (Å²) < 4.78 is 0. The zero-order valence-corrected chi connectivity index (χ0v) is 11.8. The van der Waals surface area contributed by atoms with Crippen molar-refractivity contribution < 1.29 is 4.92 Å². The first kappa shape index (κ1) is 14.9. The number of nitrogens with zero attached hydrogens (tertiary/aromatic N) is 2. The van der Waals surface area contributed by atoms with Crippen LogP contribution in [0.2, 0.25) is 0 Å². The molecule has 1 aromatic carbocycles. The first-order valence-electron chi connectivity index (χ1n) is 6.73. The second kappa shape index (κ2) is 6.81. The van der Waals surface area contributed by atoms with Crippen LogP contribution in [0.3, 0.4) is 0 Å². The molecule has 1 heterocycles. The first-order valence-corrected chi connectivity index (χ1v) is 6.73. The number of aryl methyl sites for hydroxylation is 1. The Bertz CT molecular complexity index is 616. The van der Waals surface area contributed by atoms with Crippen LogP contribution in [0.15, 0.2) is 42.6 Å². The van der Waals surface area contributed by atoms with Crippen molar-refractivity contribution in [1.82, 2.24) is 4.98 Å². The molecule has 2 rings (SSSR count). The molecule has 0 fully saturated rings. The van der Waals surface area contributed by atoms with Gasteiger partial charge in [-0.25, -0.2) is 4.98 Å². The SMILES string of the molecule is Cc1cnc(NCCC(N)c2ccccc2)cc1[N+](=O)[O-]. The van der Waals surface area contributed by atoms with Crippen molar-refractivity contribution in [2.24, 2.45) is 5.73 Å². The molecular weight excluding hydrogens is 268 g/mol. The molecule has 1 aromatic heterocycles. The second-order valence-corrected chi connectivity index (χ2v) is 4.85. The minimum atomic E-state index is -0.405. The number of nitrogens with two attached hydrogens (primary N) is 1. The smallest absolute Gasteiger partial charge is 0.277 e. The van der Waals surface area contributed by atoms with Crippen molar-refractivity contribution in [3.8, 4) is 0 Å². The van der Waals surface area contributed by atoms with E-state index in [1.807, 2.05) is 30.3 Å². The van der Waals surface area contributed by atoms with Crippen LogP contribution in [-0.4, -0.2) is 16.5 Å². The predicted molar refractivity (Wildman–Crippen MR) is 82.1 cm³/mol. The van der Waals surface area contributed by atoms with Crippen LogP contribution in [0.25, 0.3) is 0 Å². The van der Waals surface area contributed by atoms with Crippen molar-refractivity contribution in [2.75, 3.05) is 11.9 Å². The van der Waals surface area contributed by atoms with Gasteiger partial charge in [0.2, 0.25) is 0 Å². The minimum Gasteiger partial charge on any atom is -0.370 e. The van der Waals surface area contributed by atoms with E-state index in [0.717, 1.165) is 5.56 Å². The Balaban J connectivity index is 1.92. The third-order valence-corrected chi connectivity index (χ3v) is 3.26. The summed E-state index contributed by atoms with van der Waals surface area (Å²) in [6, 6.07) is 11.2. The number of pyridine rings is 1. The third-order valence-electron chi connectivity index (χ3n) is 3.26. The Labute approximate surface area is 123 Å². The van der Waals surface area contributed by atoms with Crippen LogP contribution < -0.4 is 11.1 Å². The highest BCUT2D eigenvalue weighted by Crippen LogP contribution is 2.20. The number of aromatic nitrogens is 1. The van der Waals surface area contributed by atoms with Gasteiger partial charge in [0.05, 0.1) is 11.0 Å². The highest BCUT2D eigenvalue weighted by atomic mass is 16.6. The molecule has 3 N–H and O–H groups in total. The molecule has 0 spiro atoms. The molecule has 21 heavy (non-hydrogen) atoms. The van der Waals surface area contributed by atoms with E-state index in [9.17, 15) is 10.1 Å². The van der Waals surface area contributed by atoms with E-state index in [1.54, 1.807) is 6.92 Å². The van der Waals surface area contributed by atoms with Crippen molar-refractivity contribution in [3.05, 3.63) is 63.8 Å². The van der Waals surface area contributed by atoms with Crippen LogP contribution in [0, 0.1) is 17.0 Å². The Kier molecular flexibility index (Phi) is 4.84. The van der Waals surface area contributed by atoms with Gasteiger partial charge in [0.15, 0.2) is 0 Å². The molecular formula is C15H18N4O2. The molecule has 1 atom stereocenters. The van der Waals surface area contributed by atoms with Gasteiger partial charge >= 0.3 is 0 Å². The van der Waals surface area contributed by atoms with E-state index in [0.29, 0.717) is 24.3 Å². The largest absolute Gasteiger partial charge is 0.370 e. The standard InChI is InChI=1S/C15H18N4O2/c1-11-10-18-15(9-14(11)19(20)21)17-8-7-13(16)12-5-3-2-4-6-12/h2-6,9-10,13H,7-8,16H2,1H3,(H,17,18). The number of hydrogen-bond acceptors (Lipinski definition) is 5. The third kappa shape index (κ3) is 4.00. The average molecular weight is 286 g/mol. The zero-order chi connectivity index (χ0) is 15.2. The lowest BCUT2D eigenvalue weighted by molar-refractivity contribution is -0.385. The van der Waals surface area contributed by atoms with Gasteiger partial charge in [0.25, 0.3) is 5.69 Å². The zero-order valence-electron chi connectivity index (χ0n) is 11.8. The van der Waals surface area contributed by atoms with Gasteiger partial charge in [-0.15, -0.1) is 0 Å². The number of nitrogens with one attached hydrogen (secondary N) is 1. The Hall–Kier alpha value is -2.47. The lowest BCUT2D eigenvalue weighted by atomic mass is 10.1. The fourth-order valence-electron chi connectivity index (χ4n) is 2.03. The van der Waals surface area contributed by atoms with Gasteiger partial charge in [-0.05, 0) is 18.9 Å². The highest BCUT2D eigenvalue weighted by Gasteiger charge is 2.12. The van der Waals surface area contributed by atoms with Crippen LogP contribution in [0.5, 0.6) is 0 Å². The van der Waals surface area contributed by atoms with E-state index in [2.05, 4.69) is 10.3 Å². The fraction of sp³-hybridized carbons (Fsp3) is 0.267. The summed E-state index contributed by atoms with van der Waals surface area (Å²) in [5.74, 6) is 0.493. The Morgan fingerprint density at radius 1 is 1.38 bits per heavy atom. The first-order chi connectivity index (χ1) is 10.1. The molecule has 0 saturated carbocycles. The van der Waals surface area contributed by atoms with E-state index >= 15 is 0 Å². The van der Waals surface area contributed by atoms with Crippen molar-refractivity contribution in [2.45, 2.75) is 19.4 Å². The van der Waals surface area contributed by atoms with Gasteiger partial charge in [-0.1, -0.05) is 30.3 Å². The molecule has 0 amide bonds. The molecule has 0 saturated heterocycles. The van der Waals surface area contributed by atoms with E-state index in [-0.39, 0.29) is 11.7 Å². The van der Waals surface area contributed by atoms with E-state index in [4.69, 9.17) is 5.73 Å². The topological polar surface area (TPSA) is 94.1 Å². The molecule has 0 aliphatic rings. The van der Waals surface area contributed by atoms with Crippen LogP contribution >= 0.6 is 0 Å². The number of hydrogen-bond donors (Lipinski definition) is 2. The fourth-order valence-corrected chi connectivity index (χ4v) is 2.03. The van der Waals surface area contributed by atoms with Crippen LogP contribution in [0.4, 0.5) is 11.5 Å². The summed E-state index contributed by atoms with van der Waals surface area (Å²) in [6.07, 6.45) is 2.21. The van der Waals surface area contributed by atoms with Crippen LogP contribution in [0.1, 0.15) is 23.6 Å². The normalized spacial score (nSPS) is 11.9. The summed E-state index contributed by atoms with van der Waals surface area (Å²) in [6.45, 7) is 2.27. The maximum absolute atomic E-state index is 10.9. The lowest BCUT2D eigenvalue weighted by Crippen LogP contribution is -2.15. The summed E-state index contributed by atoms with van der Waals surface area (Å²) in [5, 5.41) is 13.9. The van der Waals surface area contributed by atoms with Gasteiger partial charge in [0, 0.05) is 24.3 Å². The maximum atomic E-state index is 10.9. The maximum Gasteiger partial charge on any atom is 0.277 e. The summed E-state index contributed by atoms with van der Waals surface area (Å²) in [4.78, 5) is 14.6. The number of rotatable bonds is 6. The second-order valence-electron chi connectivity index (χ2n) is 4.85. The van der Waals surface area contributed by atoms with Gasteiger partial charge in [0.1, 0.15) is 5.82 Å². The number of anilines is 1. The minimum absolute atomic E-state index is 0.0693. The van der Waals surface area contributed by atoms with Crippen molar-refractivity contribution in [1.29, 1.82) is 0 Å². The van der Waals surface area contributed by atoms with Gasteiger partial charge in [-0.3, -0.25) is 10.1 Å². The highest BCUT2D eigenvalue weighted by molar-refractivity contribution is 5.48. The van der Waals surface area contributed by atoms with Crippen molar-refractivity contribution >= 4 is 11.5 Å². The molecule has 0 aliphatic carbocycles. The monoisotopic (exact) mass is 286 g/mol. The van der Waals surface area contributed by atoms with Crippen molar-refractivity contribution in [3.63, 3.8) is 0 Å². The lowest BCUT2D eigenvalue weighted by Gasteiger charge is -2.12. The van der Waals surface area contributed by atoms with E-state index in [1.165, 1.54) is 12.3 Å². The summed E-state index contributed by atoms with van der Waals surface area (Å²) in [5.41, 5.74) is 7.78. The number of benzene rings is 1. The summed E-state index contributed by atoms with van der Waals surface area (Å²) in [7, 11) is 0. The van der Waals surface area contributed by atoms with Gasteiger partial charge < -0.3 is 11.1 Å². The molecule has 1 unspecified atom stereocenters. The summed E-state index contributed by atoms with van der Waals surface area (Å²) >= 11 is 0. The molecule has 0 bridgehead atoms. The molecule has 0 radical (unpaired) electrons. The molecule has 2 aromatic rings. The Morgan fingerprint density at radius 2 is 2.10 bits per heavy atom. The average Bonchev–Trinajstić information content (AvgIpc) is 2.49. The molecule has 0 aliphatic heterocycles. The molecule has 6 nitrogen and oxygen atoms in total. The Morgan fingerprint density at radius 3 is 2.76 bits per heavy atom. The van der Waals surface area contributed by atoms with Crippen LogP contribution in [-0.2, 0) is 0 Å². The number of nitro groups is 1. The van der Waals surface area contributed by atoms with Gasteiger partial charge in [-0.2, -0.15) is 0 Å². The van der Waals surface area contributed by atoms with E-state index < -0.39 is 4.92 Å². The molecule has 110 valence electrons. The quantitative estimate of drug-likeness (QED) is 0.629. The predicted octanol–water partition coefficient (Wildman–Crippen LogP) is 2.80.